The topological polar surface area (TPSA) is 35.5 Å². The number of rotatable bonds is 7. The molecule has 3 nitrogen and oxygen atoms in total. The third-order valence-corrected chi connectivity index (χ3v) is 2.52. The molecule has 17 heavy (non-hydrogen) atoms. The molecule has 1 rings (SSSR count). The average molecular weight is 234 g/mol. The van der Waals surface area contributed by atoms with Crippen LogP contribution >= 0.6 is 0 Å². The van der Waals surface area contributed by atoms with Gasteiger partial charge in [0.15, 0.2) is 5.78 Å². The summed E-state index contributed by atoms with van der Waals surface area (Å²) in [4.78, 5) is 11.9. The molecule has 0 aliphatic rings. The highest BCUT2D eigenvalue weighted by atomic mass is 16.5. The number of carbonyl (C=O) groups is 1. The number of methoxy groups -OCH3 is 2. The number of unbranched alkanes of at least 4 members (excludes halogenated alkanes) is 1. The van der Waals surface area contributed by atoms with E-state index in [9.17, 15) is 4.79 Å². The molecular formula is C14H18O3. The second-order valence-electron chi connectivity index (χ2n) is 3.67. The fourth-order valence-corrected chi connectivity index (χ4v) is 1.57. The molecule has 3 heteroatoms. The van der Waals surface area contributed by atoms with Crippen molar-refractivity contribution in [1.29, 1.82) is 0 Å². The van der Waals surface area contributed by atoms with E-state index in [1.807, 2.05) is 6.08 Å². The molecule has 0 aliphatic carbocycles. The maximum absolute atomic E-state index is 11.9. The maximum Gasteiger partial charge on any atom is 0.166 e. The van der Waals surface area contributed by atoms with Gasteiger partial charge < -0.3 is 9.47 Å². The van der Waals surface area contributed by atoms with E-state index in [1.54, 1.807) is 32.4 Å². The van der Waals surface area contributed by atoms with Crippen molar-refractivity contribution < 1.29 is 14.3 Å². The molecular weight excluding hydrogens is 216 g/mol. The van der Waals surface area contributed by atoms with Gasteiger partial charge in [-0.05, 0) is 25.0 Å². The molecule has 0 N–H and O–H groups in total. The Morgan fingerprint density at radius 3 is 2.71 bits per heavy atom. The second-order valence-corrected chi connectivity index (χ2v) is 3.67. The van der Waals surface area contributed by atoms with Gasteiger partial charge in [0.1, 0.15) is 11.5 Å². The van der Waals surface area contributed by atoms with Crippen molar-refractivity contribution >= 4 is 5.78 Å². The summed E-state index contributed by atoms with van der Waals surface area (Å²) >= 11 is 0. The minimum absolute atomic E-state index is 0.0892. The van der Waals surface area contributed by atoms with Crippen LogP contribution in [-0.2, 0) is 0 Å². The molecule has 0 fully saturated rings. The Labute approximate surface area is 102 Å². The van der Waals surface area contributed by atoms with Gasteiger partial charge >= 0.3 is 0 Å². The molecule has 0 atom stereocenters. The van der Waals surface area contributed by atoms with E-state index in [4.69, 9.17) is 9.47 Å². The second kappa shape index (κ2) is 6.74. The predicted octanol–water partition coefficient (Wildman–Crippen LogP) is 3.24. The summed E-state index contributed by atoms with van der Waals surface area (Å²) in [6, 6.07) is 5.23. The molecule has 0 unspecified atom stereocenters. The summed E-state index contributed by atoms with van der Waals surface area (Å²) in [5.41, 5.74) is 0.609. The van der Waals surface area contributed by atoms with Gasteiger partial charge in [-0.1, -0.05) is 6.08 Å². The van der Waals surface area contributed by atoms with Gasteiger partial charge in [0.05, 0.1) is 19.8 Å². The zero-order valence-corrected chi connectivity index (χ0v) is 10.4. The number of Topliss-reactive ketones (excluding diaryl/α,β-unsaturated/α-hetero) is 1. The van der Waals surface area contributed by atoms with Gasteiger partial charge in [0.2, 0.25) is 0 Å². The molecule has 0 heterocycles. The molecule has 0 bridgehead atoms. The SMILES string of the molecule is C=CCCCC(=O)c1ccc(OC)cc1OC. The van der Waals surface area contributed by atoms with Gasteiger partial charge in [-0.3, -0.25) is 4.79 Å². The standard InChI is InChI=1S/C14H18O3/c1-4-5-6-7-13(15)12-9-8-11(16-2)10-14(12)17-3/h4,8-10H,1,5-7H2,2-3H3. The molecule has 92 valence electrons. The average Bonchev–Trinajstić information content (AvgIpc) is 2.38. The number of carbonyl (C=O) groups excluding carboxylic acids is 1. The predicted molar refractivity (Wildman–Crippen MR) is 67.9 cm³/mol. The van der Waals surface area contributed by atoms with Crippen molar-refractivity contribution in [2.24, 2.45) is 0 Å². The molecule has 0 saturated heterocycles. The Kier molecular flexibility index (Phi) is 5.27. The van der Waals surface area contributed by atoms with Crippen molar-refractivity contribution in [2.75, 3.05) is 14.2 Å². The van der Waals surface area contributed by atoms with E-state index in [0.29, 0.717) is 23.5 Å². The fraction of sp³-hybridized carbons (Fsp3) is 0.357. The van der Waals surface area contributed by atoms with Gasteiger partial charge in [-0.2, -0.15) is 0 Å². The van der Waals surface area contributed by atoms with E-state index in [-0.39, 0.29) is 5.78 Å². The van der Waals surface area contributed by atoms with Crippen molar-refractivity contribution in [3.05, 3.63) is 36.4 Å². The van der Waals surface area contributed by atoms with Crippen molar-refractivity contribution in [3.8, 4) is 11.5 Å². The zero-order chi connectivity index (χ0) is 12.7. The minimum atomic E-state index is 0.0892. The minimum Gasteiger partial charge on any atom is -0.497 e. The van der Waals surface area contributed by atoms with Crippen LogP contribution in [-0.4, -0.2) is 20.0 Å². The number of ether oxygens (including phenoxy) is 2. The maximum atomic E-state index is 11.9. The van der Waals surface area contributed by atoms with Crippen LogP contribution < -0.4 is 9.47 Å². The lowest BCUT2D eigenvalue weighted by atomic mass is 10.0. The lowest BCUT2D eigenvalue weighted by Gasteiger charge is -2.09. The van der Waals surface area contributed by atoms with Crippen LogP contribution in [0, 0.1) is 0 Å². The Morgan fingerprint density at radius 1 is 1.35 bits per heavy atom. The van der Waals surface area contributed by atoms with E-state index in [2.05, 4.69) is 6.58 Å². The highest BCUT2D eigenvalue weighted by molar-refractivity contribution is 5.98. The number of benzene rings is 1. The third-order valence-electron chi connectivity index (χ3n) is 2.52. The first-order valence-corrected chi connectivity index (χ1v) is 5.59. The highest BCUT2D eigenvalue weighted by Crippen LogP contribution is 2.26. The van der Waals surface area contributed by atoms with Crippen molar-refractivity contribution in [1.82, 2.24) is 0 Å². The third kappa shape index (κ3) is 3.63. The first-order valence-electron chi connectivity index (χ1n) is 5.59. The summed E-state index contributed by atoms with van der Waals surface area (Å²) < 4.78 is 10.3. The van der Waals surface area contributed by atoms with E-state index < -0.39 is 0 Å². The Hall–Kier alpha value is -1.77. The lowest BCUT2D eigenvalue weighted by molar-refractivity contribution is 0.0977. The normalized spacial score (nSPS) is 9.76. The quantitative estimate of drug-likeness (QED) is 0.413. The van der Waals surface area contributed by atoms with Crippen LogP contribution in [0.2, 0.25) is 0 Å². The molecule has 0 aliphatic heterocycles. The summed E-state index contributed by atoms with van der Waals surface area (Å²) in [5.74, 6) is 1.34. The molecule has 0 radical (unpaired) electrons. The summed E-state index contributed by atoms with van der Waals surface area (Å²) in [5, 5.41) is 0. The van der Waals surface area contributed by atoms with Gasteiger partial charge in [-0.15, -0.1) is 6.58 Å². The highest BCUT2D eigenvalue weighted by Gasteiger charge is 2.12. The van der Waals surface area contributed by atoms with Gasteiger partial charge in [0, 0.05) is 12.5 Å². The smallest absolute Gasteiger partial charge is 0.166 e. The fourth-order valence-electron chi connectivity index (χ4n) is 1.57. The first-order chi connectivity index (χ1) is 8.22. The van der Waals surface area contributed by atoms with Crippen LogP contribution in [0.4, 0.5) is 0 Å². The van der Waals surface area contributed by atoms with Gasteiger partial charge in [0.25, 0.3) is 0 Å². The van der Waals surface area contributed by atoms with Crippen LogP contribution in [0.15, 0.2) is 30.9 Å². The lowest BCUT2D eigenvalue weighted by Crippen LogP contribution is -2.02. The monoisotopic (exact) mass is 234 g/mol. The molecule has 0 aromatic heterocycles. The number of hydrogen-bond acceptors (Lipinski definition) is 3. The van der Waals surface area contributed by atoms with Crippen LogP contribution in [0.1, 0.15) is 29.6 Å². The Morgan fingerprint density at radius 2 is 2.12 bits per heavy atom. The summed E-state index contributed by atoms with van der Waals surface area (Å²) in [7, 11) is 3.13. The Balaban J connectivity index is 2.81. The van der Waals surface area contributed by atoms with Crippen LogP contribution in [0.5, 0.6) is 11.5 Å². The van der Waals surface area contributed by atoms with E-state index in [1.165, 1.54) is 0 Å². The van der Waals surface area contributed by atoms with Crippen molar-refractivity contribution in [3.63, 3.8) is 0 Å². The zero-order valence-electron chi connectivity index (χ0n) is 10.4. The Bertz CT molecular complexity index is 396. The van der Waals surface area contributed by atoms with Gasteiger partial charge in [-0.25, -0.2) is 0 Å². The molecule has 1 aromatic carbocycles. The molecule has 0 saturated carbocycles. The summed E-state index contributed by atoms with van der Waals surface area (Å²) in [6.45, 7) is 3.63. The molecule has 0 spiro atoms. The largest absolute Gasteiger partial charge is 0.497 e. The first kappa shape index (κ1) is 13.3. The molecule has 1 aromatic rings. The van der Waals surface area contributed by atoms with E-state index >= 15 is 0 Å². The van der Waals surface area contributed by atoms with E-state index in [0.717, 1.165) is 12.8 Å². The number of ketones is 1. The number of allylic oxidation sites excluding steroid dienone is 1. The summed E-state index contributed by atoms with van der Waals surface area (Å²) in [6.07, 6.45) is 4.00. The van der Waals surface area contributed by atoms with Crippen LogP contribution in [0.25, 0.3) is 0 Å². The van der Waals surface area contributed by atoms with Crippen LogP contribution in [0.3, 0.4) is 0 Å². The molecule has 0 amide bonds. The van der Waals surface area contributed by atoms with Crippen molar-refractivity contribution in [2.45, 2.75) is 19.3 Å². The number of hydrogen-bond donors (Lipinski definition) is 0.